The lowest BCUT2D eigenvalue weighted by molar-refractivity contribution is 0.187. The lowest BCUT2D eigenvalue weighted by atomic mass is 10.1. The number of nitrogens with zero attached hydrogens (tertiary/aromatic N) is 3. The van der Waals surface area contributed by atoms with Crippen molar-refractivity contribution in [1.29, 1.82) is 0 Å². The number of nitrogens with one attached hydrogen (secondary N) is 1. The molecule has 0 spiro atoms. The minimum absolute atomic E-state index is 0.0529. The number of hydrogen-bond acceptors (Lipinski definition) is 2. The van der Waals surface area contributed by atoms with E-state index in [0.717, 1.165) is 25.9 Å². The summed E-state index contributed by atoms with van der Waals surface area (Å²) in [4.78, 5) is 23.6. The molecule has 0 aliphatic carbocycles. The zero-order chi connectivity index (χ0) is 13.2. The van der Waals surface area contributed by atoms with Gasteiger partial charge in [-0.3, -0.25) is 4.90 Å². The van der Waals surface area contributed by atoms with Gasteiger partial charge in [0, 0.05) is 31.0 Å². The van der Waals surface area contributed by atoms with Crippen LogP contribution in [-0.4, -0.2) is 39.5 Å². The molecule has 0 saturated carbocycles. The van der Waals surface area contributed by atoms with Gasteiger partial charge in [-0.1, -0.05) is 0 Å². The first kappa shape index (κ1) is 12.9. The lowest BCUT2D eigenvalue weighted by Crippen LogP contribution is -2.53. The van der Waals surface area contributed by atoms with Crippen LogP contribution in [0.1, 0.15) is 40.0 Å². The summed E-state index contributed by atoms with van der Waals surface area (Å²) in [5.74, 6) is 0.623. The standard InChI is InChI=1S/C13H22N4O/c1-13(2,3)17(11-14-7-8-15-11)12(18)16-9-5-4-6-10-16/h7-8H,4-6,9-10H2,1-3H3,(H,14,15). The number of carbonyl (C=O) groups excluding carboxylic acids is 1. The van der Waals surface area contributed by atoms with E-state index in [4.69, 9.17) is 0 Å². The highest BCUT2D eigenvalue weighted by Gasteiger charge is 2.33. The quantitative estimate of drug-likeness (QED) is 0.833. The molecule has 0 radical (unpaired) electrons. The molecular weight excluding hydrogens is 228 g/mol. The van der Waals surface area contributed by atoms with Crippen LogP contribution in [-0.2, 0) is 0 Å². The monoisotopic (exact) mass is 250 g/mol. The Morgan fingerprint density at radius 2 is 2.00 bits per heavy atom. The van der Waals surface area contributed by atoms with Crippen molar-refractivity contribution in [1.82, 2.24) is 14.9 Å². The molecule has 5 nitrogen and oxygen atoms in total. The number of imidazole rings is 1. The van der Waals surface area contributed by atoms with Crippen molar-refractivity contribution in [2.45, 2.75) is 45.6 Å². The average molecular weight is 250 g/mol. The molecule has 1 aromatic heterocycles. The Balaban J connectivity index is 2.21. The molecule has 0 aromatic carbocycles. The smallest absolute Gasteiger partial charge is 0.327 e. The van der Waals surface area contributed by atoms with Crippen LogP contribution in [0.15, 0.2) is 12.4 Å². The van der Waals surface area contributed by atoms with Crippen LogP contribution < -0.4 is 4.90 Å². The summed E-state index contributed by atoms with van der Waals surface area (Å²) in [7, 11) is 0. The molecule has 2 amide bonds. The predicted octanol–water partition coefficient (Wildman–Crippen LogP) is 2.62. The van der Waals surface area contributed by atoms with Gasteiger partial charge in [-0.05, 0) is 40.0 Å². The number of anilines is 1. The van der Waals surface area contributed by atoms with E-state index in [1.54, 1.807) is 17.3 Å². The second-order valence-corrected chi connectivity index (χ2v) is 5.75. The fourth-order valence-corrected chi connectivity index (χ4v) is 2.30. The van der Waals surface area contributed by atoms with Gasteiger partial charge in [-0.15, -0.1) is 0 Å². The Bertz CT molecular complexity index is 388. The third-order valence-electron chi connectivity index (χ3n) is 3.18. The normalized spacial score (nSPS) is 16.7. The molecule has 0 bridgehead atoms. The van der Waals surface area contributed by atoms with E-state index in [9.17, 15) is 4.79 Å². The van der Waals surface area contributed by atoms with Crippen molar-refractivity contribution in [3.05, 3.63) is 12.4 Å². The van der Waals surface area contributed by atoms with E-state index >= 15 is 0 Å². The molecule has 18 heavy (non-hydrogen) atoms. The Morgan fingerprint density at radius 1 is 1.33 bits per heavy atom. The molecule has 1 saturated heterocycles. The minimum Gasteiger partial charge on any atom is -0.331 e. The highest BCUT2D eigenvalue weighted by molar-refractivity contribution is 5.91. The first-order valence-corrected chi connectivity index (χ1v) is 6.58. The van der Waals surface area contributed by atoms with Gasteiger partial charge < -0.3 is 9.88 Å². The number of hydrogen-bond donors (Lipinski definition) is 1. The summed E-state index contributed by atoms with van der Waals surface area (Å²) in [6.45, 7) is 7.78. The van der Waals surface area contributed by atoms with Gasteiger partial charge in [0.2, 0.25) is 5.95 Å². The maximum absolute atomic E-state index is 12.6. The zero-order valence-corrected chi connectivity index (χ0v) is 11.4. The zero-order valence-electron chi connectivity index (χ0n) is 11.4. The minimum atomic E-state index is -0.285. The topological polar surface area (TPSA) is 52.2 Å². The number of piperidine rings is 1. The molecular formula is C13H22N4O. The number of H-pyrrole nitrogens is 1. The number of rotatable bonds is 1. The van der Waals surface area contributed by atoms with E-state index in [0.29, 0.717) is 5.95 Å². The molecule has 1 aliphatic rings. The first-order chi connectivity index (χ1) is 8.50. The Labute approximate surface area is 108 Å². The Morgan fingerprint density at radius 3 is 2.50 bits per heavy atom. The van der Waals surface area contributed by atoms with Crippen LogP contribution in [0.4, 0.5) is 10.7 Å². The maximum atomic E-state index is 12.6. The molecule has 0 unspecified atom stereocenters. The second-order valence-electron chi connectivity index (χ2n) is 5.75. The molecule has 5 heteroatoms. The molecule has 1 aromatic rings. The third-order valence-corrected chi connectivity index (χ3v) is 3.18. The number of carbonyl (C=O) groups is 1. The summed E-state index contributed by atoms with van der Waals surface area (Å²) in [6, 6.07) is 0.0529. The number of likely N-dealkylation sites (tertiary alicyclic amines) is 1. The highest BCUT2D eigenvalue weighted by Crippen LogP contribution is 2.23. The summed E-state index contributed by atoms with van der Waals surface area (Å²) in [6.07, 6.45) is 6.85. The largest absolute Gasteiger partial charge is 0.331 e. The van der Waals surface area contributed by atoms with Gasteiger partial charge >= 0.3 is 6.03 Å². The van der Waals surface area contributed by atoms with Crippen LogP contribution in [0.25, 0.3) is 0 Å². The molecule has 1 fully saturated rings. The lowest BCUT2D eigenvalue weighted by Gasteiger charge is -2.38. The van der Waals surface area contributed by atoms with E-state index < -0.39 is 0 Å². The van der Waals surface area contributed by atoms with Crippen molar-refractivity contribution < 1.29 is 4.79 Å². The molecule has 1 N–H and O–H groups in total. The number of urea groups is 1. The maximum Gasteiger partial charge on any atom is 0.327 e. The van der Waals surface area contributed by atoms with Crippen molar-refractivity contribution in [2.24, 2.45) is 0 Å². The molecule has 2 heterocycles. The van der Waals surface area contributed by atoms with E-state index in [1.165, 1.54) is 6.42 Å². The van der Waals surface area contributed by atoms with Gasteiger partial charge in [-0.2, -0.15) is 0 Å². The van der Waals surface area contributed by atoms with Gasteiger partial charge in [0.05, 0.1) is 0 Å². The van der Waals surface area contributed by atoms with E-state index in [1.807, 2.05) is 25.7 Å². The average Bonchev–Trinajstić information content (AvgIpc) is 2.82. The molecule has 2 rings (SSSR count). The van der Waals surface area contributed by atoms with Crippen LogP contribution in [0.5, 0.6) is 0 Å². The highest BCUT2D eigenvalue weighted by atomic mass is 16.2. The van der Waals surface area contributed by atoms with Crippen LogP contribution in [0, 0.1) is 0 Å². The second kappa shape index (κ2) is 5.00. The van der Waals surface area contributed by atoms with E-state index in [-0.39, 0.29) is 11.6 Å². The fraction of sp³-hybridized carbons (Fsp3) is 0.692. The molecule has 0 atom stereocenters. The van der Waals surface area contributed by atoms with Crippen molar-refractivity contribution in [3.63, 3.8) is 0 Å². The van der Waals surface area contributed by atoms with Gasteiger partial charge in [0.15, 0.2) is 0 Å². The van der Waals surface area contributed by atoms with Crippen LogP contribution in [0.2, 0.25) is 0 Å². The van der Waals surface area contributed by atoms with Gasteiger partial charge in [0.25, 0.3) is 0 Å². The summed E-state index contributed by atoms with van der Waals surface area (Å²) in [5.41, 5.74) is -0.285. The number of aromatic nitrogens is 2. The fourth-order valence-electron chi connectivity index (χ4n) is 2.30. The van der Waals surface area contributed by atoms with Crippen LogP contribution >= 0.6 is 0 Å². The first-order valence-electron chi connectivity index (χ1n) is 6.58. The van der Waals surface area contributed by atoms with Crippen molar-refractivity contribution >= 4 is 12.0 Å². The number of amides is 2. The third kappa shape index (κ3) is 2.66. The number of aromatic amines is 1. The van der Waals surface area contributed by atoms with Gasteiger partial charge in [-0.25, -0.2) is 9.78 Å². The van der Waals surface area contributed by atoms with Crippen molar-refractivity contribution in [3.8, 4) is 0 Å². The van der Waals surface area contributed by atoms with E-state index in [2.05, 4.69) is 9.97 Å². The van der Waals surface area contributed by atoms with Crippen LogP contribution in [0.3, 0.4) is 0 Å². The summed E-state index contributed by atoms with van der Waals surface area (Å²) >= 11 is 0. The molecule has 100 valence electrons. The SMILES string of the molecule is CC(C)(C)N(C(=O)N1CCCCC1)c1ncc[nH]1. The Hall–Kier alpha value is -1.52. The molecule has 1 aliphatic heterocycles. The Kier molecular flexibility index (Phi) is 3.59. The summed E-state index contributed by atoms with van der Waals surface area (Å²) in [5, 5.41) is 0. The van der Waals surface area contributed by atoms with Crippen molar-refractivity contribution in [2.75, 3.05) is 18.0 Å². The van der Waals surface area contributed by atoms with Gasteiger partial charge in [0.1, 0.15) is 0 Å². The predicted molar refractivity (Wildman–Crippen MR) is 71.6 cm³/mol. The summed E-state index contributed by atoms with van der Waals surface area (Å²) < 4.78 is 0.